The van der Waals surface area contributed by atoms with E-state index in [1.807, 2.05) is 11.8 Å². The molecule has 13 nitrogen and oxygen atoms in total. The molecule has 1 N–H and O–H groups in total. The van der Waals surface area contributed by atoms with E-state index in [0.717, 1.165) is 19.4 Å². The number of hydrogen-bond acceptors (Lipinski definition) is 8. The van der Waals surface area contributed by atoms with Crippen LogP contribution in [-0.4, -0.2) is 74.2 Å². The summed E-state index contributed by atoms with van der Waals surface area (Å²) in [6, 6.07) is 6.72. The summed E-state index contributed by atoms with van der Waals surface area (Å²) in [6.07, 6.45) is 7.28. The Bertz CT molecular complexity index is 1670. The maximum absolute atomic E-state index is 13.3. The van der Waals surface area contributed by atoms with E-state index < -0.39 is 11.2 Å². The Morgan fingerprint density at radius 3 is 2.65 bits per heavy atom. The minimum absolute atomic E-state index is 0.147. The van der Waals surface area contributed by atoms with E-state index in [-0.39, 0.29) is 28.7 Å². The maximum Gasteiger partial charge on any atom is 0.332 e. The molecule has 1 aliphatic rings. The third-order valence-corrected chi connectivity index (χ3v) is 7.54. The summed E-state index contributed by atoms with van der Waals surface area (Å²) in [7, 11) is 1.60. The summed E-state index contributed by atoms with van der Waals surface area (Å²) in [4.78, 5) is 67.6. The molecule has 43 heavy (non-hydrogen) atoms. The van der Waals surface area contributed by atoms with Crippen molar-refractivity contribution in [2.45, 2.75) is 58.5 Å². The van der Waals surface area contributed by atoms with Gasteiger partial charge in [0, 0.05) is 64.6 Å². The first-order chi connectivity index (χ1) is 20.9. The molecule has 4 aromatic heterocycles. The van der Waals surface area contributed by atoms with Gasteiger partial charge >= 0.3 is 5.69 Å². The molecule has 1 fully saturated rings. The summed E-state index contributed by atoms with van der Waals surface area (Å²) >= 11 is 0. The molecule has 1 aliphatic heterocycles. The quantitative estimate of drug-likeness (QED) is 0.233. The normalized spacial score (nSPS) is 13.6. The van der Waals surface area contributed by atoms with E-state index in [0.29, 0.717) is 75.7 Å². The summed E-state index contributed by atoms with van der Waals surface area (Å²) < 4.78 is 13.3. The Labute approximate surface area is 248 Å². The van der Waals surface area contributed by atoms with Crippen molar-refractivity contribution in [3.63, 3.8) is 0 Å². The van der Waals surface area contributed by atoms with Gasteiger partial charge in [-0.2, -0.15) is 0 Å². The molecule has 0 spiro atoms. The lowest BCUT2D eigenvalue weighted by Gasteiger charge is -2.28. The number of imidazole rings is 1. The van der Waals surface area contributed by atoms with Crippen molar-refractivity contribution >= 4 is 28.8 Å². The van der Waals surface area contributed by atoms with E-state index in [9.17, 15) is 19.2 Å². The monoisotopic (exact) mass is 591 g/mol. The molecule has 1 saturated heterocycles. The van der Waals surface area contributed by atoms with Crippen LogP contribution >= 0.6 is 0 Å². The Hall–Kier alpha value is -4.52. The fourth-order valence-corrected chi connectivity index (χ4v) is 5.35. The molecule has 0 aromatic carbocycles. The highest BCUT2D eigenvalue weighted by Crippen LogP contribution is 2.22. The van der Waals surface area contributed by atoms with Gasteiger partial charge in [0.15, 0.2) is 11.4 Å². The Morgan fingerprint density at radius 1 is 1.09 bits per heavy atom. The number of amides is 2. The molecule has 0 atom stereocenters. The highest BCUT2D eigenvalue weighted by atomic mass is 16.5. The van der Waals surface area contributed by atoms with Gasteiger partial charge in [0.2, 0.25) is 5.91 Å². The van der Waals surface area contributed by atoms with Crippen LogP contribution < -0.4 is 16.1 Å². The number of aromatic nitrogens is 5. The number of fused-ring (bicyclic) bond motifs is 1. The van der Waals surface area contributed by atoms with Gasteiger partial charge in [-0.15, -0.1) is 0 Å². The van der Waals surface area contributed by atoms with Gasteiger partial charge in [0.25, 0.3) is 11.5 Å². The van der Waals surface area contributed by atoms with E-state index in [4.69, 9.17) is 9.15 Å². The molecule has 0 radical (unpaired) electrons. The van der Waals surface area contributed by atoms with Gasteiger partial charge in [-0.1, -0.05) is 6.92 Å². The molecular formula is C30H37N7O6. The molecule has 0 aliphatic carbocycles. The van der Waals surface area contributed by atoms with E-state index in [1.165, 1.54) is 20.3 Å². The SMILES string of the molecule is CCCn1c(=O)c2[nH]c(-c3ccc(N(CCCN4CCCCC4=O)C(=O)c4ccco4)nc3)nc2n(CCCOC)c1=O. The van der Waals surface area contributed by atoms with Crippen LogP contribution in [0.1, 0.15) is 56.0 Å². The third-order valence-electron chi connectivity index (χ3n) is 7.54. The zero-order valence-corrected chi connectivity index (χ0v) is 24.6. The Kier molecular flexibility index (Phi) is 9.50. The summed E-state index contributed by atoms with van der Waals surface area (Å²) in [5, 5.41) is 0. The van der Waals surface area contributed by atoms with Crippen LogP contribution in [0.2, 0.25) is 0 Å². The van der Waals surface area contributed by atoms with Crippen molar-refractivity contribution in [3.05, 3.63) is 63.3 Å². The van der Waals surface area contributed by atoms with E-state index in [2.05, 4.69) is 15.0 Å². The van der Waals surface area contributed by atoms with Crippen LogP contribution in [-0.2, 0) is 22.6 Å². The highest BCUT2D eigenvalue weighted by Gasteiger charge is 2.24. The molecule has 5 heterocycles. The Balaban J connectivity index is 1.43. The van der Waals surface area contributed by atoms with Gasteiger partial charge in [0.1, 0.15) is 17.2 Å². The molecule has 5 rings (SSSR count). The number of rotatable bonds is 13. The van der Waals surface area contributed by atoms with Crippen LogP contribution in [0, 0.1) is 0 Å². The molecule has 0 bridgehead atoms. The number of hydrogen-bond donors (Lipinski definition) is 1. The topological polar surface area (TPSA) is 149 Å². The standard InChI is InChI=1S/C30H37N7O6/c1-3-13-37-29(40)25-27(36(30(37)41)17-8-18-42-2)33-26(32-25)21-11-12-23(31-20-21)35(28(39)22-9-6-19-43-22)16-7-15-34-14-5-4-10-24(34)38/h6,9,11-12,19-20H,3-5,7-8,10,13-18H2,1-2H3,(H,32,33). The lowest BCUT2D eigenvalue weighted by molar-refractivity contribution is -0.133. The Morgan fingerprint density at radius 2 is 1.95 bits per heavy atom. The number of anilines is 1. The number of aromatic amines is 1. The number of H-pyrrole nitrogens is 1. The second-order valence-corrected chi connectivity index (χ2v) is 10.6. The zero-order chi connectivity index (χ0) is 30.3. The lowest BCUT2D eigenvalue weighted by Crippen LogP contribution is -2.40. The number of nitrogens with one attached hydrogen (secondary N) is 1. The van der Waals surface area contributed by atoms with Gasteiger partial charge in [-0.3, -0.25) is 28.4 Å². The number of likely N-dealkylation sites (tertiary alicyclic amines) is 1. The number of furan rings is 1. The number of ether oxygens (including phenoxy) is 1. The fraction of sp³-hybridized carbons (Fsp3) is 0.467. The second kappa shape index (κ2) is 13.6. The molecule has 2 amide bonds. The second-order valence-electron chi connectivity index (χ2n) is 10.6. The number of pyridine rings is 1. The summed E-state index contributed by atoms with van der Waals surface area (Å²) in [5.41, 5.74) is 0.281. The third kappa shape index (κ3) is 6.46. The predicted octanol–water partition coefficient (Wildman–Crippen LogP) is 3.04. The van der Waals surface area contributed by atoms with Crippen molar-refractivity contribution in [2.75, 3.05) is 38.3 Å². The first-order valence-electron chi connectivity index (χ1n) is 14.7. The van der Waals surface area contributed by atoms with Gasteiger partial charge < -0.3 is 19.0 Å². The minimum atomic E-state index is -0.421. The first kappa shape index (κ1) is 30.0. The predicted molar refractivity (Wildman–Crippen MR) is 160 cm³/mol. The van der Waals surface area contributed by atoms with Crippen molar-refractivity contribution in [1.29, 1.82) is 0 Å². The first-order valence-corrected chi connectivity index (χ1v) is 14.7. The van der Waals surface area contributed by atoms with Gasteiger partial charge in [-0.05, 0) is 56.4 Å². The maximum atomic E-state index is 13.3. The highest BCUT2D eigenvalue weighted by molar-refractivity contribution is 6.03. The van der Waals surface area contributed by atoms with Crippen molar-refractivity contribution in [1.82, 2.24) is 29.0 Å². The smallest absolute Gasteiger partial charge is 0.332 e. The van der Waals surface area contributed by atoms with Crippen LogP contribution in [0.4, 0.5) is 5.82 Å². The average Bonchev–Trinajstić information content (AvgIpc) is 3.72. The number of nitrogens with zero attached hydrogens (tertiary/aromatic N) is 6. The van der Waals surface area contributed by atoms with Gasteiger partial charge in [0.05, 0.1) is 6.26 Å². The van der Waals surface area contributed by atoms with E-state index >= 15 is 0 Å². The number of aryl methyl sites for hydroxylation is 1. The largest absolute Gasteiger partial charge is 0.459 e. The number of carbonyl (C=O) groups excluding carboxylic acids is 2. The summed E-state index contributed by atoms with van der Waals surface area (Å²) in [5.74, 6) is 0.789. The minimum Gasteiger partial charge on any atom is -0.459 e. The number of carbonyl (C=O) groups is 2. The van der Waals surface area contributed by atoms with Crippen LogP contribution in [0.3, 0.4) is 0 Å². The fourth-order valence-electron chi connectivity index (χ4n) is 5.35. The average molecular weight is 592 g/mol. The molecule has 228 valence electrons. The number of methoxy groups -OCH3 is 1. The zero-order valence-electron chi connectivity index (χ0n) is 24.6. The van der Waals surface area contributed by atoms with Crippen LogP contribution in [0.15, 0.2) is 50.7 Å². The van der Waals surface area contributed by atoms with Crippen molar-refractivity contribution < 1.29 is 18.7 Å². The van der Waals surface area contributed by atoms with Crippen LogP contribution in [0.25, 0.3) is 22.6 Å². The lowest BCUT2D eigenvalue weighted by atomic mass is 10.1. The van der Waals surface area contributed by atoms with Crippen molar-refractivity contribution in [2.24, 2.45) is 0 Å². The molecule has 13 heteroatoms. The molecule has 4 aromatic rings. The van der Waals surface area contributed by atoms with Gasteiger partial charge in [-0.25, -0.2) is 14.8 Å². The molecule has 0 unspecified atom stereocenters. The van der Waals surface area contributed by atoms with Crippen molar-refractivity contribution in [3.8, 4) is 11.4 Å². The van der Waals surface area contributed by atoms with Crippen LogP contribution in [0.5, 0.6) is 0 Å². The molecule has 0 saturated carbocycles. The molecular weight excluding hydrogens is 554 g/mol. The summed E-state index contributed by atoms with van der Waals surface area (Å²) in [6.45, 7) is 4.65. The van der Waals surface area contributed by atoms with E-state index in [1.54, 1.807) is 37.6 Å². The number of piperidine rings is 1.